The predicted octanol–water partition coefficient (Wildman–Crippen LogP) is 1.80. The number of thioether (sulfide) groups is 1. The molecule has 0 aliphatic rings. The maximum Gasteiger partial charge on any atom is 0.241 e. The summed E-state index contributed by atoms with van der Waals surface area (Å²) in [5, 5.41) is 4.95. The van der Waals surface area contributed by atoms with Crippen LogP contribution in [0.5, 0.6) is 0 Å². The van der Waals surface area contributed by atoms with Crippen molar-refractivity contribution in [1.82, 2.24) is 0 Å². The van der Waals surface area contributed by atoms with Crippen LogP contribution in [0.2, 0.25) is 0 Å². The number of rotatable bonds is 6. The summed E-state index contributed by atoms with van der Waals surface area (Å²) in [6.45, 7) is 1.28. The largest absolute Gasteiger partial charge is 0.325 e. The molecule has 20 heavy (non-hydrogen) atoms. The van der Waals surface area contributed by atoms with E-state index >= 15 is 0 Å². The number of carbonyl (C=O) groups excluding carboxylic acids is 2. The second kappa shape index (κ2) is 7.86. The van der Waals surface area contributed by atoms with E-state index in [4.69, 9.17) is 5.73 Å². The molecule has 0 unspecified atom stereocenters. The van der Waals surface area contributed by atoms with Crippen LogP contribution in [0, 0.1) is 5.82 Å². The van der Waals surface area contributed by atoms with Crippen molar-refractivity contribution in [2.24, 2.45) is 5.73 Å². The minimum atomic E-state index is -0.614. The standard InChI is InChI=1S/C13H18FN3O2S/c1-8(18)16-12-7-9(3-4-10(12)14)17-13(19)11(15)5-6-20-2/h3-4,7,11H,5-6,15H2,1-2H3,(H,16,18)(H,17,19)/t11-/m0/s1. The Bertz CT molecular complexity index is 497. The quantitative estimate of drug-likeness (QED) is 0.748. The third-order valence-electron chi connectivity index (χ3n) is 2.51. The average Bonchev–Trinajstić information content (AvgIpc) is 2.39. The SMILES string of the molecule is CSCC[C@H](N)C(=O)Nc1ccc(F)c(NC(C)=O)c1. The van der Waals surface area contributed by atoms with Crippen molar-refractivity contribution in [3.05, 3.63) is 24.0 Å². The van der Waals surface area contributed by atoms with Crippen molar-refractivity contribution in [2.75, 3.05) is 22.6 Å². The Kier molecular flexibility index (Phi) is 6.47. The molecule has 0 aromatic heterocycles. The summed E-state index contributed by atoms with van der Waals surface area (Å²) in [7, 11) is 0. The van der Waals surface area contributed by atoms with Crippen LogP contribution < -0.4 is 16.4 Å². The molecule has 0 spiro atoms. The fourth-order valence-electron chi connectivity index (χ4n) is 1.50. The second-order valence-corrected chi connectivity index (χ2v) is 5.24. The van der Waals surface area contributed by atoms with E-state index < -0.39 is 11.9 Å². The Morgan fingerprint density at radius 2 is 2.10 bits per heavy atom. The lowest BCUT2D eigenvalue weighted by molar-refractivity contribution is -0.117. The summed E-state index contributed by atoms with van der Waals surface area (Å²) in [6, 6.07) is 3.33. The number of hydrogen-bond donors (Lipinski definition) is 3. The van der Waals surface area contributed by atoms with Gasteiger partial charge in [0.15, 0.2) is 0 Å². The zero-order valence-corrected chi connectivity index (χ0v) is 12.2. The van der Waals surface area contributed by atoms with Gasteiger partial charge < -0.3 is 16.4 Å². The van der Waals surface area contributed by atoms with Crippen LogP contribution in [0.4, 0.5) is 15.8 Å². The molecule has 0 fully saturated rings. The maximum atomic E-state index is 13.4. The second-order valence-electron chi connectivity index (χ2n) is 4.25. The third-order valence-corrected chi connectivity index (χ3v) is 3.16. The lowest BCUT2D eigenvalue weighted by Crippen LogP contribution is -2.36. The first-order valence-corrected chi connectivity index (χ1v) is 7.46. The molecule has 110 valence electrons. The van der Waals surface area contributed by atoms with E-state index in [0.717, 1.165) is 5.75 Å². The van der Waals surface area contributed by atoms with Gasteiger partial charge in [-0.25, -0.2) is 4.39 Å². The predicted molar refractivity (Wildman–Crippen MR) is 80.3 cm³/mol. The molecule has 2 amide bonds. The van der Waals surface area contributed by atoms with Crippen molar-refractivity contribution < 1.29 is 14.0 Å². The Morgan fingerprint density at radius 3 is 2.70 bits per heavy atom. The summed E-state index contributed by atoms with van der Waals surface area (Å²) in [5.74, 6) is -0.497. The first kappa shape index (κ1) is 16.5. The van der Waals surface area contributed by atoms with E-state index in [9.17, 15) is 14.0 Å². The fourth-order valence-corrected chi connectivity index (χ4v) is 1.99. The van der Waals surface area contributed by atoms with Gasteiger partial charge in [-0.15, -0.1) is 0 Å². The summed E-state index contributed by atoms with van der Waals surface area (Å²) < 4.78 is 13.4. The Balaban J connectivity index is 2.72. The van der Waals surface area contributed by atoms with E-state index in [-0.39, 0.29) is 17.5 Å². The van der Waals surface area contributed by atoms with Gasteiger partial charge >= 0.3 is 0 Å². The Hall–Kier alpha value is -1.60. The van der Waals surface area contributed by atoms with Gasteiger partial charge in [0.1, 0.15) is 5.82 Å². The third kappa shape index (κ3) is 5.18. The van der Waals surface area contributed by atoms with Crippen LogP contribution in [0.25, 0.3) is 0 Å². The molecule has 0 saturated heterocycles. The zero-order chi connectivity index (χ0) is 15.1. The Labute approximate surface area is 121 Å². The summed E-state index contributed by atoms with van der Waals surface area (Å²) in [4.78, 5) is 22.7. The minimum Gasteiger partial charge on any atom is -0.325 e. The molecule has 4 N–H and O–H groups in total. The van der Waals surface area contributed by atoms with Crippen LogP contribution in [0.15, 0.2) is 18.2 Å². The highest BCUT2D eigenvalue weighted by atomic mass is 32.2. The molecule has 5 nitrogen and oxygen atoms in total. The van der Waals surface area contributed by atoms with Gasteiger partial charge in [-0.3, -0.25) is 9.59 Å². The molecular formula is C13H18FN3O2S. The highest BCUT2D eigenvalue weighted by molar-refractivity contribution is 7.98. The van der Waals surface area contributed by atoms with E-state index in [1.54, 1.807) is 11.8 Å². The monoisotopic (exact) mass is 299 g/mol. The number of benzene rings is 1. The van der Waals surface area contributed by atoms with Crippen LogP contribution in [0.1, 0.15) is 13.3 Å². The lowest BCUT2D eigenvalue weighted by Gasteiger charge is -2.13. The van der Waals surface area contributed by atoms with E-state index in [0.29, 0.717) is 12.1 Å². The molecule has 0 aliphatic heterocycles. The number of nitrogens with two attached hydrogens (primary N) is 1. The topological polar surface area (TPSA) is 84.2 Å². The number of halogens is 1. The van der Waals surface area contributed by atoms with E-state index in [1.807, 2.05) is 6.26 Å². The molecule has 0 heterocycles. The van der Waals surface area contributed by atoms with Gasteiger partial charge in [0.05, 0.1) is 11.7 Å². The molecule has 1 rings (SSSR count). The number of carbonyl (C=O) groups is 2. The van der Waals surface area contributed by atoms with Crippen LogP contribution in [-0.2, 0) is 9.59 Å². The minimum absolute atomic E-state index is 0.0213. The lowest BCUT2D eigenvalue weighted by atomic mass is 10.2. The smallest absolute Gasteiger partial charge is 0.241 e. The van der Waals surface area contributed by atoms with Crippen molar-refractivity contribution in [2.45, 2.75) is 19.4 Å². The van der Waals surface area contributed by atoms with Gasteiger partial charge in [0.2, 0.25) is 11.8 Å². The molecule has 0 bridgehead atoms. The maximum absolute atomic E-state index is 13.4. The highest BCUT2D eigenvalue weighted by Crippen LogP contribution is 2.19. The zero-order valence-electron chi connectivity index (χ0n) is 11.4. The van der Waals surface area contributed by atoms with Crippen LogP contribution in [-0.4, -0.2) is 29.9 Å². The summed E-state index contributed by atoms with van der Waals surface area (Å²) in [6.07, 6.45) is 2.50. The first-order chi connectivity index (χ1) is 9.43. The van der Waals surface area contributed by atoms with E-state index in [1.165, 1.54) is 25.1 Å². The molecule has 7 heteroatoms. The van der Waals surface area contributed by atoms with Crippen molar-refractivity contribution in [1.29, 1.82) is 0 Å². The number of hydrogen-bond acceptors (Lipinski definition) is 4. The number of nitrogens with one attached hydrogen (secondary N) is 2. The van der Waals surface area contributed by atoms with Gasteiger partial charge in [-0.05, 0) is 36.6 Å². The molecule has 1 atom stereocenters. The fraction of sp³-hybridized carbons (Fsp3) is 0.385. The van der Waals surface area contributed by atoms with E-state index in [2.05, 4.69) is 10.6 Å². The van der Waals surface area contributed by atoms with Gasteiger partial charge in [-0.2, -0.15) is 11.8 Å². The Morgan fingerprint density at radius 1 is 1.40 bits per heavy atom. The van der Waals surface area contributed by atoms with Crippen LogP contribution >= 0.6 is 11.8 Å². The molecule has 0 saturated carbocycles. The van der Waals surface area contributed by atoms with Gasteiger partial charge in [-0.1, -0.05) is 0 Å². The molecule has 0 radical (unpaired) electrons. The first-order valence-electron chi connectivity index (χ1n) is 6.06. The van der Waals surface area contributed by atoms with Crippen molar-refractivity contribution in [3.8, 4) is 0 Å². The number of amides is 2. The van der Waals surface area contributed by atoms with Gasteiger partial charge in [0, 0.05) is 12.6 Å². The normalized spacial score (nSPS) is 11.8. The highest BCUT2D eigenvalue weighted by Gasteiger charge is 2.14. The summed E-state index contributed by atoms with van der Waals surface area (Å²) >= 11 is 1.61. The number of anilines is 2. The molecule has 1 aromatic carbocycles. The molecule has 0 aliphatic carbocycles. The molecular weight excluding hydrogens is 281 g/mol. The van der Waals surface area contributed by atoms with Crippen molar-refractivity contribution in [3.63, 3.8) is 0 Å². The average molecular weight is 299 g/mol. The molecule has 1 aromatic rings. The summed E-state index contributed by atoms with van der Waals surface area (Å²) in [5.41, 5.74) is 6.14. The van der Waals surface area contributed by atoms with Gasteiger partial charge in [0.25, 0.3) is 0 Å². The van der Waals surface area contributed by atoms with Crippen molar-refractivity contribution >= 4 is 35.0 Å². The van der Waals surface area contributed by atoms with Crippen LogP contribution in [0.3, 0.4) is 0 Å².